The zero-order chi connectivity index (χ0) is 19.2. The van der Waals surface area contributed by atoms with E-state index in [9.17, 15) is 14.0 Å². The second-order valence-electron chi connectivity index (χ2n) is 5.79. The predicted molar refractivity (Wildman–Crippen MR) is 98.3 cm³/mol. The molecule has 0 bridgehead atoms. The molecule has 138 valence electrons. The van der Waals surface area contributed by atoms with Crippen molar-refractivity contribution in [2.24, 2.45) is 0 Å². The van der Waals surface area contributed by atoms with Crippen LogP contribution in [-0.4, -0.2) is 29.3 Å². The molecule has 0 radical (unpaired) electrons. The van der Waals surface area contributed by atoms with Gasteiger partial charge in [-0.25, -0.2) is 4.39 Å². The molecule has 3 rings (SSSR count). The molecule has 0 aliphatic carbocycles. The number of rotatable bonds is 6. The summed E-state index contributed by atoms with van der Waals surface area (Å²) in [6.07, 6.45) is -0.307. The first-order valence-corrected chi connectivity index (χ1v) is 8.31. The number of halogens is 1. The van der Waals surface area contributed by atoms with E-state index >= 15 is 0 Å². The van der Waals surface area contributed by atoms with Crippen LogP contribution in [0.15, 0.2) is 71.5 Å². The standard InChI is InChI=1S/C20H18FN3O3/c1-27-18(14-5-3-2-4-6-14)13-22-20(26)17-11-12-19(25)24(23-17)16-9-7-15(21)8-10-16/h2-12,18H,13H2,1H3,(H,22,26). The van der Waals surface area contributed by atoms with Crippen molar-refractivity contribution < 1.29 is 13.9 Å². The molecule has 1 unspecified atom stereocenters. The minimum atomic E-state index is -0.441. The Morgan fingerprint density at radius 2 is 1.81 bits per heavy atom. The number of nitrogens with one attached hydrogen (secondary N) is 1. The average Bonchev–Trinajstić information content (AvgIpc) is 2.70. The van der Waals surface area contributed by atoms with Gasteiger partial charge in [-0.05, 0) is 35.9 Å². The maximum atomic E-state index is 13.1. The smallest absolute Gasteiger partial charge is 0.271 e. The number of methoxy groups -OCH3 is 1. The SMILES string of the molecule is COC(CNC(=O)c1ccc(=O)n(-c2ccc(F)cc2)n1)c1ccccc1. The average molecular weight is 367 g/mol. The lowest BCUT2D eigenvalue weighted by Gasteiger charge is -2.16. The number of hydrogen-bond acceptors (Lipinski definition) is 4. The highest BCUT2D eigenvalue weighted by atomic mass is 19.1. The van der Waals surface area contributed by atoms with Crippen LogP contribution in [0.5, 0.6) is 0 Å². The first-order valence-electron chi connectivity index (χ1n) is 8.31. The van der Waals surface area contributed by atoms with Gasteiger partial charge < -0.3 is 10.1 Å². The van der Waals surface area contributed by atoms with Crippen LogP contribution >= 0.6 is 0 Å². The summed E-state index contributed by atoms with van der Waals surface area (Å²) in [4.78, 5) is 24.5. The van der Waals surface area contributed by atoms with Crippen LogP contribution in [-0.2, 0) is 4.74 Å². The third kappa shape index (κ3) is 4.45. The van der Waals surface area contributed by atoms with Crippen LogP contribution in [0.2, 0.25) is 0 Å². The molecule has 1 atom stereocenters. The van der Waals surface area contributed by atoms with E-state index in [1.165, 1.54) is 36.4 Å². The quantitative estimate of drug-likeness (QED) is 0.727. The molecule has 0 aliphatic heterocycles. The van der Waals surface area contributed by atoms with Crippen LogP contribution in [0.1, 0.15) is 22.2 Å². The van der Waals surface area contributed by atoms with Gasteiger partial charge in [-0.1, -0.05) is 30.3 Å². The van der Waals surface area contributed by atoms with Gasteiger partial charge in [-0.2, -0.15) is 9.78 Å². The topological polar surface area (TPSA) is 73.2 Å². The van der Waals surface area contributed by atoms with Crippen molar-refractivity contribution in [1.82, 2.24) is 15.1 Å². The maximum Gasteiger partial charge on any atom is 0.271 e. The van der Waals surface area contributed by atoms with Crippen LogP contribution in [0.25, 0.3) is 5.69 Å². The van der Waals surface area contributed by atoms with Crippen molar-refractivity contribution in [2.75, 3.05) is 13.7 Å². The first kappa shape index (κ1) is 18.5. The van der Waals surface area contributed by atoms with Crippen molar-refractivity contribution in [3.63, 3.8) is 0 Å². The fourth-order valence-electron chi connectivity index (χ4n) is 2.58. The van der Waals surface area contributed by atoms with Gasteiger partial charge in [0.15, 0.2) is 0 Å². The molecule has 1 aromatic heterocycles. The largest absolute Gasteiger partial charge is 0.375 e. The molecule has 3 aromatic rings. The van der Waals surface area contributed by atoms with Gasteiger partial charge >= 0.3 is 0 Å². The molecule has 7 heteroatoms. The van der Waals surface area contributed by atoms with Crippen molar-refractivity contribution >= 4 is 5.91 Å². The van der Waals surface area contributed by atoms with Crippen LogP contribution in [0.3, 0.4) is 0 Å². The number of ether oxygens (including phenoxy) is 1. The Labute approximate surface area is 155 Å². The minimum absolute atomic E-state index is 0.0711. The first-order chi connectivity index (χ1) is 13.1. The van der Waals surface area contributed by atoms with Crippen LogP contribution in [0.4, 0.5) is 4.39 Å². The number of aromatic nitrogens is 2. The number of hydrogen-bond donors (Lipinski definition) is 1. The second kappa shape index (κ2) is 8.37. The summed E-state index contributed by atoms with van der Waals surface area (Å²) in [6.45, 7) is 0.247. The lowest BCUT2D eigenvalue weighted by atomic mass is 10.1. The molecule has 6 nitrogen and oxygen atoms in total. The fourth-order valence-corrected chi connectivity index (χ4v) is 2.58. The van der Waals surface area contributed by atoms with Crippen molar-refractivity contribution in [3.8, 4) is 5.69 Å². The highest BCUT2D eigenvalue weighted by molar-refractivity contribution is 5.92. The van der Waals surface area contributed by atoms with E-state index in [1.54, 1.807) is 7.11 Å². The third-order valence-electron chi connectivity index (χ3n) is 4.01. The van der Waals surface area contributed by atoms with E-state index in [4.69, 9.17) is 4.74 Å². The molecule has 0 aliphatic rings. The van der Waals surface area contributed by atoms with E-state index in [-0.39, 0.29) is 18.3 Å². The van der Waals surface area contributed by atoms with Crippen LogP contribution in [0, 0.1) is 5.82 Å². The van der Waals surface area contributed by atoms with Crippen LogP contribution < -0.4 is 10.9 Å². The molecule has 0 spiro atoms. The lowest BCUT2D eigenvalue weighted by Crippen LogP contribution is -2.32. The number of amides is 1. The molecule has 1 amide bonds. The molecule has 2 aromatic carbocycles. The number of carbonyl (C=O) groups is 1. The molecule has 0 saturated carbocycles. The molecular formula is C20H18FN3O3. The predicted octanol–water partition coefficient (Wildman–Crippen LogP) is 2.49. The summed E-state index contributed by atoms with van der Waals surface area (Å²) >= 11 is 0. The van der Waals surface area contributed by atoms with Gasteiger partial charge in [0.2, 0.25) is 0 Å². The number of benzene rings is 2. The Bertz CT molecular complexity index is 972. The highest BCUT2D eigenvalue weighted by Crippen LogP contribution is 2.15. The van der Waals surface area contributed by atoms with Gasteiger partial charge in [-0.15, -0.1) is 0 Å². The maximum absolute atomic E-state index is 13.1. The van der Waals surface area contributed by atoms with E-state index in [1.807, 2.05) is 30.3 Å². The summed E-state index contributed by atoms with van der Waals surface area (Å²) < 4.78 is 19.6. The summed E-state index contributed by atoms with van der Waals surface area (Å²) in [5.41, 5.74) is 0.957. The Hall–Kier alpha value is -3.32. The van der Waals surface area contributed by atoms with E-state index in [0.717, 1.165) is 10.2 Å². The number of carbonyl (C=O) groups excluding carboxylic acids is 1. The summed E-state index contributed by atoms with van der Waals surface area (Å²) in [7, 11) is 1.57. The fraction of sp³-hybridized carbons (Fsp3) is 0.150. The molecule has 0 saturated heterocycles. The van der Waals surface area contributed by atoms with Crippen molar-refractivity contribution in [1.29, 1.82) is 0 Å². The monoisotopic (exact) mass is 367 g/mol. The number of nitrogens with zero attached hydrogens (tertiary/aromatic N) is 2. The minimum Gasteiger partial charge on any atom is -0.375 e. The Balaban J connectivity index is 1.76. The molecule has 1 heterocycles. The Morgan fingerprint density at radius 3 is 2.48 bits per heavy atom. The van der Waals surface area contributed by atoms with Gasteiger partial charge in [0.1, 0.15) is 11.5 Å². The summed E-state index contributed by atoms with van der Waals surface area (Å²) in [5.74, 6) is -0.865. The zero-order valence-electron chi connectivity index (χ0n) is 14.6. The van der Waals surface area contributed by atoms with E-state index in [0.29, 0.717) is 5.69 Å². The Morgan fingerprint density at radius 1 is 1.11 bits per heavy atom. The lowest BCUT2D eigenvalue weighted by molar-refractivity contribution is 0.0823. The highest BCUT2D eigenvalue weighted by Gasteiger charge is 2.15. The third-order valence-corrected chi connectivity index (χ3v) is 4.01. The normalized spacial score (nSPS) is 11.8. The summed E-state index contributed by atoms with van der Waals surface area (Å²) in [5, 5.41) is 6.83. The van der Waals surface area contributed by atoms with E-state index < -0.39 is 17.3 Å². The van der Waals surface area contributed by atoms with Crippen molar-refractivity contribution in [2.45, 2.75) is 6.10 Å². The summed E-state index contributed by atoms with van der Waals surface area (Å²) in [6, 6.07) is 17.4. The molecule has 1 N–H and O–H groups in total. The second-order valence-corrected chi connectivity index (χ2v) is 5.79. The Kier molecular flexibility index (Phi) is 5.73. The van der Waals surface area contributed by atoms with E-state index in [2.05, 4.69) is 10.4 Å². The van der Waals surface area contributed by atoms with Gasteiger partial charge in [0, 0.05) is 19.7 Å². The zero-order valence-corrected chi connectivity index (χ0v) is 14.6. The van der Waals surface area contributed by atoms with Gasteiger partial charge in [0.25, 0.3) is 11.5 Å². The van der Waals surface area contributed by atoms with Crippen molar-refractivity contribution in [3.05, 3.63) is 94.2 Å². The molecule has 27 heavy (non-hydrogen) atoms. The van der Waals surface area contributed by atoms with Gasteiger partial charge in [-0.3, -0.25) is 9.59 Å². The van der Waals surface area contributed by atoms with Gasteiger partial charge in [0.05, 0.1) is 11.8 Å². The molecular weight excluding hydrogens is 349 g/mol. The molecule has 0 fully saturated rings.